The minimum absolute atomic E-state index is 0.0287. The Morgan fingerprint density at radius 2 is 1.96 bits per heavy atom. The van der Waals surface area contributed by atoms with Crippen molar-refractivity contribution in [2.24, 2.45) is 0 Å². The number of amides is 1. The van der Waals surface area contributed by atoms with Gasteiger partial charge in [0.05, 0.1) is 17.3 Å². The molecule has 3 rings (SSSR count). The van der Waals surface area contributed by atoms with Crippen LogP contribution in [0.15, 0.2) is 12.4 Å². The Hall–Kier alpha value is -1.15. The first kappa shape index (κ1) is 17.7. The zero-order valence-electron chi connectivity index (χ0n) is 14.1. The van der Waals surface area contributed by atoms with Crippen LogP contribution < -0.4 is 0 Å². The molecular weight excluding hydrogens is 330 g/mol. The summed E-state index contributed by atoms with van der Waals surface area (Å²) in [7, 11) is 2.13. The highest BCUT2D eigenvalue weighted by molar-refractivity contribution is 6.30. The predicted octanol–water partition coefficient (Wildman–Crippen LogP) is 0.136. The van der Waals surface area contributed by atoms with E-state index >= 15 is 0 Å². The van der Waals surface area contributed by atoms with E-state index in [1.807, 2.05) is 4.90 Å². The van der Waals surface area contributed by atoms with Gasteiger partial charge in [0.15, 0.2) is 0 Å². The number of aliphatic hydroxyl groups is 1. The lowest BCUT2D eigenvalue weighted by Gasteiger charge is -2.39. The molecule has 1 amide bonds. The van der Waals surface area contributed by atoms with Gasteiger partial charge in [-0.25, -0.2) is 0 Å². The number of likely N-dealkylation sites (N-methyl/N-ethyl adjacent to an activating group) is 1. The molecule has 3 heterocycles. The first-order valence-corrected chi connectivity index (χ1v) is 8.97. The van der Waals surface area contributed by atoms with Crippen molar-refractivity contribution in [2.75, 3.05) is 46.3 Å². The lowest BCUT2D eigenvalue weighted by atomic mass is 10.0. The molecule has 1 N–H and O–H groups in total. The lowest BCUT2D eigenvalue weighted by Crippen LogP contribution is -2.52. The van der Waals surface area contributed by atoms with Gasteiger partial charge in [-0.2, -0.15) is 5.10 Å². The maximum atomic E-state index is 12.5. The van der Waals surface area contributed by atoms with E-state index in [0.717, 1.165) is 32.6 Å². The molecule has 24 heavy (non-hydrogen) atoms. The molecule has 0 radical (unpaired) electrons. The fourth-order valence-corrected chi connectivity index (χ4v) is 3.72. The smallest absolute Gasteiger partial charge is 0.244 e. The third-order valence-corrected chi connectivity index (χ3v) is 5.29. The third-order valence-electron chi connectivity index (χ3n) is 5.09. The Bertz CT molecular complexity index is 558. The van der Waals surface area contributed by atoms with Crippen molar-refractivity contribution in [2.45, 2.75) is 31.5 Å². The summed E-state index contributed by atoms with van der Waals surface area (Å²) in [6, 6.07) is 0.149. The summed E-state index contributed by atoms with van der Waals surface area (Å²) in [5.41, 5.74) is 0. The molecule has 2 aliphatic rings. The highest BCUT2D eigenvalue weighted by Gasteiger charge is 2.32. The van der Waals surface area contributed by atoms with Gasteiger partial charge in [-0.1, -0.05) is 11.6 Å². The van der Waals surface area contributed by atoms with E-state index in [9.17, 15) is 9.90 Å². The number of halogens is 1. The number of aliphatic hydroxyl groups excluding tert-OH is 1. The molecule has 0 spiro atoms. The Labute approximate surface area is 147 Å². The molecule has 1 aromatic rings. The van der Waals surface area contributed by atoms with Gasteiger partial charge in [0.1, 0.15) is 6.54 Å². The number of piperazine rings is 1. The van der Waals surface area contributed by atoms with Gasteiger partial charge >= 0.3 is 0 Å². The van der Waals surface area contributed by atoms with Crippen molar-refractivity contribution < 1.29 is 9.90 Å². The van der Waals surface area contributed by atoms with Crippen LogP contribution >= 0.6 is 11.6 Å². The Kier molecular flexibility index (Phi) is 5.76. The summed E-state index contributed by atoms with van der Waals surface area (Å²) in [6.45, 7) is 5.51. The molecule has 8 heteroatoms. The molecule has 2 atom stereocenters. The number of carbonyl (C=O) groups is 1. The van der Waals surface area contributed by atoms with E-state index in [4.69, 9.17) is 11.6 Å². The van der Waals surface area contributed by atoms with Crippen LogP contribution in [0.2, 0.25) is 5.02 Å². The number of nitrogens with zero attached hydrogens (tertiary/aromatic N) is 5. The first-order chi connectivity index (χ1) is 11.5. The van der Waals surface area contributed by atoms with E-state index < -0.39 is 0 Å². The largest absolute Gasteiger partial charge is 0.391 e. The molecule has 0 aromatic carbocycles. The minimum atomic E-state index is -0.370. The van der Waals surface area contributed by atoms with Crippen molar-refractivity contribution >= 4 is 17.5 Å². The zero-order valence-corrected chi connectivity index (χ0v) is 14.9. The number of hydrogen-bond donors (Lipinski definition) is 1. The average molecular weight is 356 g/mol. The van der Waals surface area contributed by atoms with Crippen molar-refractivity contribution in [1.82, 2.24) is 24.5 Å². The van der Waals surface area contributed by atoms with Crippen molar-refractivity contribution in [3.63, 3.8) is 0 Å². The molecule has 1 aromatic heterocycles. The summed E-state index contributed by atoms with van der Waals surface area (Å²) in [5.74, 6) is 0.0287. The molecule has 2 aliphatic heterocycles. The van der Waals surface area contributed by atoms with Crippen molar-refractivity contribution in [3.05, 3.63) is 17.4 Å². The maximum absolute atomic E-state index is 12.5. The standard InChI is InChI=1S/C16H26ClN5O2/c1-19-6-8-20(9-7-19)14-2-4-21(5-3-15(14)23)16(24)12-22-11-13(17)10-18-22/h10-11,14-15,23H,2-9,12H2,1H3/t14-,15-/m0/s1. The quantitative estimate of drug-likeness (QED) is 0.835. The topological polar surface area (TPSA) is 64.8 Å². The molecule has 2 fully saturated rings. The van der Waals surface area contributed by atoms with E-state index in [-0.39, 0.29) is 24.6 Å². The predicted molar refractivity (Wildman–Crippen MR) is 91.9 cm³/mol. The van der Waals surface area contributed by atoms with Crippen molar-refractivity contribution in [3.8, 4) is 0 Å². The van der Waals surface area contributed by atoms with Crippen LogP contribution in [0, 0.1) is 0 Å². The molecule has 0 unspecified atom stereocenters. The molecule has 0 saturated carbocycles. The monoisotopic (exact) mass is 355 g/mol. The van der Waals surface area contributed by atoms with Crippen LogP contribution in [0.3, 0.4) is 0 Å². The molecule has 0 bridgehead atoms. The first-order valence-electron chi connectivity index (χ1n) is 8.59. The summed E-state index contributed by atoms with van der Waals surface area (Å²) < 4.78 is 1.56. The van der Waals surface area contributed by atoms with Crippen LogP contribution in [0.1, 0.15) is 12.8 Å². The molecule has 134 valence electrons. The normalized spacial score (nSPS) is 27.2. The Morgan fingerprint density at radius 1 is 1.25 bits per heavy atom. The number of likely N-dealkylation sites (tertiary alicyclic amines) is 1. The van der Waals surface area contributed by atoms with Crippen LogP contribution in [0.5, 0.6) is 0 Å². The summed E-state index contributed by atoms with van der Waals surface area (Å²) in [6.07, 6.45) is 4.26. The van der Waals surface area contributed by atoms with Gasteiger partial charge in [-0.15, -0.1) is 0 Å². The van der Waals surface area contributed by atoms with Gasteiger partial charge in [0, 0.05) is 51.5 Å². The lowest BCUT2D eigenvalue weighted by molar-refractivity contribution is -0.132. The zero-order chi connectivity index (χ0) is 17.1. The highest BCUT2D eigenvalue weighted by atomic mass is 35.5. The summed E-state index contributed by atoms with van der Waals surface area (Å²) >= 11 is 5.84. The highest BCUT2D eigenvalue weighted by Crippen LogP contribution is 2.19. The van der Waals surface area contributed by atoms with E-state index in [1.165, 1.54) is 6.20 Å². The second-order valence-corrected chi connectivity index (χ2v) is 7.22. The molecule has 2 saturated heterocycles. The van der Waals surface area contributed by atoms with Crippen LogP contribution in [-0.2, 0) is 11.3 Å². The number of rotatable bonds is 3. The van der Waals surface area contributed by atoms with Crippen LogP contribution in [-0.4, -0.2) is 94.0 Å². The van der Waals surface area contributed by atoms with Crippen LogP contribution in [0.25, 0.3) is 0 Å². The van der Waals surface area contributed by atoms with Gasteiger partial charge in [0.25, 0.3) is 0 Å². The van der Waals surface area contributed by atoms with Gasteiger partial charge in [-0.3, -0.25) is 14.4 Å². The molecular formula is C16H26ClN5O2. The van der Waals surface area contributed by atoms with Gasteiger partial charge in [0.2, 0.25) is 5.91 Å². The second kappa shape index (κ2) is 7.82. The minimum Gasteiger partial charge on any atom is -0.391 e. The fourth-order valence-electron chi connectivity index (χ4n) is 3.57. The van der Waals surface area contributed by atoms with Crippen LogP contribution in [0.4, 0.5) is 0 Å². The number of aromatic nitrogens is 2. The maximum Gasteiger partial charge on any atom is 0.244 e. The van der Waals surface area contributed by atoms with Gasteiger partial charge < -0.3 is 14.9 Å². The molecule has 7 nitrogen and oxygen atoms in total. The summed E-state index contributed by atoms with van der Waals surface area (Å²) in [5, 5.41) is 15.1. The molecule has 0 aliphatic carbocycles. The SMILES string of the molecule is CN1CCN([C@H]2CCN(C(=O)Cn3cc(Cl)cn3)CC[C@@H]2O)CC1. The Balaban J connectivity index is 1.56. The third kappa shape index (κ3) is 4.27. The van der Waals surface area contributed by atoms with E-state index in [0.29, 0.717) is 24.5 Å². The summed E-state index contributed by atoms with van der Waals surface area (Å²) in [4.78, 5) is 19.0. The van der Waals surface area contributed by atoms with E-state index in [1.54, 1.807) is 10.9 Å². The Morgan fingerprint density at radius 3 is 2.62 bits per heavy atom. The fraction of sp³-hybridized carbons (Fsp3) is 0.750. The van der Waals surface area contributed by atoms with E-state index in [2.05, 4.69) is 21.9 Å². The van der Waals surface area contributed by atoms with Gasteiger partial charge in [-0.05, 0) is 19.9 Å². The van der Waals surface area contributed by atoms with Crippen molar-refractivity contribution in [1.29, 1.82) is 0 Å². The average Bonchev–Trinajstić information content (AvgIpc) is 2.86. The number of carbonyl (C=O) groups excluding carboxylic acids is 1. The second-order valence-electron chi connectivity index (χ2n) is 6.79. The number of hydrogen-bond acceptors (Lipinski definition) is 5.